The zero-order valence-corrected chi connectivity index (χ0v) is 16.1. The Kier molecular flexibility index (Phi) is 5.94. The zero-order chi connectivity index (χ0) is 19.4. The number of nitrogens with one attached hydrogen (secondary N) is 1. The molecule has 0 saturated carbocycles. The van der Waals surface area contributed by atoms with E-state index in [-0.39, 0.29) is 17.3 Å². The number of amides is 1. The van der Waals surface area contributed by atoms with Crippen LogP contribution in [-0.2, 0) is 23.0 Å². The van der Waals surface area contributed by atoms with Crippen LogP contribution in [0.2, 0.25) is 0 Å². The lowest BCUT2D eigenvalue weighted by molar-refractivity contribution is 0.0734. The first-order valence-corrected chi connectivity index (χ1v) is 10.5. The minimum atomic E-state index is -3.64. The summed E-state index contributed by atoms with van der Waals surface area (Å²) in [5.41, 5.74) is 2.54. The lowest BCUT2D eigenvalue weighted by atomic mass is 9.99. The molecule has 1 aliphatic rings. The van der Waals surface area contributed by atoms with E-state index in [1.54, 1.807) is 36.1 Å². The van der Waals surface area contributed by atoms with Gasteiger partial charge in [0.2, 0.25) is 10.0 Å². The van der Waals surface area contributed by atoms with Gasteiger partial charge in [0.15, 0.2) is 0 Å². The van der Waals surface area contributed by atoms with Gasteiger partial charge < -0.3 is 10.0 Å². The van der Waals surface area contributed by atoms with Gasteiger partial charge in [-0.2, -0.15) is 0 Å². The molecular weight excluding hydrogens is 364 g/mol. The lowest BCUT2D eigenvalue weighted by Crippen LogP contribution is -2.36. The van der Waals surface area contributed by atoms with E-state index in [2.05, 4.69) is 4.72 Å². The van der Waals surface area contributed by atoms with E-state index in [0.29, 0.717) is 31.5 Å². The Balaban J connectivity index is 1.76. The Hall–Kier alpha value is -2.22. The van der Waals surface area contributed by atoms with E-state index < -0.39 is 16.1 Å². The van der Waals surface area contributed by atoms with Crippen LogP contribution in [0.3, 0.4) is 0 Å². The Morgan fingerprint density at radius 1 is 1.19 bits per heavy atom. The number of aliphatic hydroxyl groups is 1. The van der Waals surface area contributed by atoms with Gasteiger partial charge in [-0.1, -0.05) is 24.3 Å². The number of nitrogens with zero attached hydrogens (tertiary/aromatic N) is 1. The molecule has 1 atom stereocenters. The number of carbonyl (C=O) groups excluding carboxylic acids is 1. The molecule has 0 unspecified atom stereocenters. The van der Waals surface area contributed by atoms with Crippen molar-refractivity contribution in [2.75, 3.05) is 13.1 Å². The SMILES string of the molecule is C[C@H](O)CCNS(=O)(=O)c1ccc2c(c1)CN(C(=O)c1ccccc1)CC2. The van der Waals surface area contributed by atoms with Gasteiger partial charge in [0.1, 0.15) is 0 Å². The molecule has 1 amide bonds. The standard InChI is InChI=1S/C20H24N2O4S/c1-15(23)9-11-21-27(25,26)19-8-7-16-10-12-22(14-18(16)13-19)20(24)17-5-3-2-4-6-17/h2-8,13,15,21,23H,9-12,14H2,1H3/t15-/m0/s1. The van der Waals surface area contributed by atoms with Crippen molar-refractivity contribution in [1.82, 2.24) is 9.62 Å². The van der Waals surface area contributed by atoms with E-state index in [1.165, 1.54) is 0 Å². The number of benzene rings is 2. The van der Waals surface area contributed by atoms with E-state index in [9.17, 15) is 18.3 Å². The molecule has 2 N–H and O–H groups in total. The zero-order valence-electron chi connectivity index (χ0n) is 15.3. The third-order valence-electron chi connectivity index (χ3n) is 4.66. The normalized spacial score (nSPS) is 15.3. The number of aliphatic hydroxyl groups excluding tert-OH is 1. The van der Waals surface area contributed by atoms with Crippen LogP contribution in [-0.4, -0.2) is 43.5 Å². The summed E-state index contributed by atoms with van der Waals surface area (Å²) in [6, 6.07) is 14.1. The monoisotopic (exact) mass is 388 g/mol. The summed E-state index contributed by atoms with van der Waals surface area (Å²) < 4.78 is 27.4. The topological polar surface area (TPSA) is 86.7 Å². The predicted molar refractivity (Wildman–Crippen MR) is 103 cm³/mol. The average molecular weight is 388 g/mol. The molecule has 6 nitrogen and oxygen atoms in total. The third kappa shape index (κ3) is 4.74. The molecule has 0 aromatic heterocycles. The highest BCUT2D eigenvalue weighted by molar-refractivity contribution is 7.89. The maximum Gasteiger partial charge on any atom is 0.254 e. The smallest absolute Gasteiger partial charge is 0.254 e. The minimum Gasteiger partial charge on any atom is -0.393 e. The molecule has 144 valence electrons. The third-order valence-corrected chi connectivity index (χ3v) is 6.12. The first kappa shape index (κ1) is 19.5. The highest BCUT2D eigenvalue weighted by atomic mass is 32.2. The fourth-order valence-corrected chi connectivity index (χ4v) is 4.22. The summed E-state index contributed by atoms with van der Waals surface area (Å²) in [5, 5.41) is 9.28. The molecule has 2 aromatic rings. The maximum absolute atomic E-state index is 12.7. The van der Waals surface area contributed by atoms with Crippen molar-refractivity contribution >= 4 is 15.9 Å². The number of sulfonamides is 1. The van der Waals surface area contributed by atoms with Gasteiger partial charge in [0, 0.05) is 25.2 Å². The maximum atomic E-state index is 12.7. The highest BCUT2D eigenvalue weighted by Gasteiger charge is 2.24. The van der Waals surface area contributed by atoms with Crippen LogP contribution in [0.15, 0.2) is 53.4 Å². The van der Waals surface area contributed by atoms with Gasteiger partial charge in [0.25, 0.3) is 5.91 Å². The van der Waals surface area contributed by atoms with Gasteiger partial charge in [-0.3, -0.25) is 4.79 Å². The summed E-state index contributed by atoms with van der Waals surface area (Å²) >= 11 is 0. The second-order valence-corrected chi connectivity index (χ2v) is 8.58. The molecule has 27 heavy (non-hydrogen) atoms. The molecule has 7 heteroatoms. The molecule has 0 fully saturated rings. The van der Waals surface area contributed by atoms with Crippen molar-refractivity contribution in [2.45, 2.75) is 37.3 Å². The summed E-state index contributed by atoms with van der Waals surface area (Å²) in [7, 11) is -3.64. The fourth-order valence-electron chi connectivity index (χ4n) is 3.12. The van der Waals surface area contributed by atoms with Crippen LogP contribution in [0.5, 0.6) is 0 Å². The van der Waals surface area contributed by atoms with Gasteiger partial charge in [0.05, 0.1) is 11.0 Å². The van der Waals surface area contributed by atoms with Crippen molar-refractivity contribution < 1.29 is 18.3 Å². The largest absolute Gasteiger partial charge is 0.393 e. The Labute approximate surface area is 159 Å². The van der Waals surface area contributed by atoms with Gasteiger partial charge in [-0.25, -0.2) is 13.1 Å². The van der Waals surface area contributed by atoms with Crippen molar-refractivity contribution in [3.8, 4) is 0 Å². The quantitative estimate of drug-likeness (QED) is 0.792. The van der Waals surface area contributed by atoms with Gasteiger partial charge >= 0.3 is 0 Å². The summed E-state index contributed by atoms with van der Waals surface area (Å²) in [6.07, 6.45) is 0.488. The Morgan fingerprint density at radius 3 is 2.63 bits per heavy atom. The fraction of sp³-hybridized carbons (Fsp3) is 0.350. The van der Waals surface area contributed by atoms with Crippen LogP contribution in [0.1, 0.15) is 34.8 Å². The van der Waals surface area contributed by atoms with Crippen molar-refractivity contribution in [3.05, 3.63) is 65.2 Å². The average Bonchev–Trinajstić information content (AvgIpc) is 2.66. The number of carbonyl (C=O) groups is 1. The molecule has 0 bridgehead atoms. The molecule has 0 saturated heterocycles. The summed E-state index contributed by atoms with van der Waals surface area (Å²) in [5.74, 6) is -0.0513. The molecule has 2 aromatic carbocycles. The van der Waals surface area contributed by atoms with E-state index in [0.717, 1.165) is 11.1 Å². The van der Waals surface area contributed by atoms with Crippen LogP contribution >= 0.6 is 0 Å². The molecule has 0 spiro atoms. The Morgan fingerprint density at radius 2 is 1.93 bits per heavy atom. The first-order chi connectivity index (χ1) is 12.9. The Bertz CT molecular complexity index is 911. The molecule has 3 rings (SSSR count). The molecular formula is C20H24N2O4S. The minimum absolute atomic E-state index is 0.0513. The second-order valence-electron chi connectivity index (χ2n) is 6.81. The lowest BCUT2D eigenvalue weighted by Gasteiger charge is -2.29. The number of hydrogen-bond donors (Lipinski definition) is 2. The van der Waals surface area contributed by atoms with Crippen LogP contribution in [0.25, 0.3) is 0 Å². The van der Waals surface area contributed by atoms with Crippen LogP contribution in [0.4, 0.5) is 0 Å². The van der Waals surface area contributed by atoms with E-state index in [1.807, 2.05) is 24.3 Å². The number of hydrogen-bond acceptors (Lipinski definition) is 4. The van der Waals surface area contributed by atoms with Crippen molar-refractivity contribution in [1.29, 1.82) is 0 Å². The number of fused-ring (bicyclic) bond motifs is 1. The van der Waals surface area contributed by atoms with E-state index >= 15 is 0 Å². The number of rotatable bonds is 6. The molecule has 0 radical (unpaired) electrons. The van der Waals surface area contributed by atoms with Gasteiger partial charge in [-0.05, 0) is 55.2 Å². The van der Waals surface area contributed by atoms with Crippen molar-refractivity contribution in [3.63, 3.8) is 0 Å². The molecule has 1 heterocycles. The van der Waals surface area contributed by atoms with E-state index in [4.69, 9.17) is 0 Å². The molecule has 1 aliphatic heterocycles. The molecule has 0 aliphatic carbocycles. The van der Waals surface area contributed by atoms with Gasteiger partial charge in [-0.15, -0.1) is 0 Å². The second kappa shape index (κ2) is 8.21. The predicted octanol–water partition coefficient (Wildman–Crippen LogP) is 1.93. The summed E-state index contributed by atoms with van der Waals surface area (Å²) in [6.45, 7) is 2.79. The highest BCUT2D eigenvalue weighted by Crippen LogP contribution is 2.23. The van der Waals surface area contributed by atoms with Crippen molar-refractivity contribution in [2.24, 2.45) is 0 Å². The van der Waals surface area contributed by atoms with Crippen LogP contribution < -0.4 is 4.72 Å². The first-order valence-electron chi connectivity index (χ1n) is 9.00. The van der Waals surface area contributed by atoms with Crippen LogP contribution in [0, 0.1) is 0 Å². The summed E-state index contributed by atoms with van der Waals surface area (Å²) in [4.78, 5) is 14.6.